The lowest BCUT2D eigenvalue weighted by atomic mass is 9.86. The molecule has 39 heavy (non-hydrogen) atoms. The lowest BCUT2D eigenvalue weighted by molar-refractivity contribution is 0.591. The van der Waals surface area contributed by atoms with Crippen molar-refractivity contribution in [1.29, 1.82) is 0 Å². The third-order valence-electron chi connectivity index (χ3n) is 8.35. The van der Waals surface area contributed by atoms with Crippen LogP contribution in [0.1, 0.15) is 79.0 Å². The van der Waals surface area contributed by atoms with Crippen LogP contribution in [0.25, 0.3) is 60.5 Å². The number of thiophene rings is 3. The fourth-order valence-electron chi connectivity index (χ4n) is 5.89. The van der Waals surface area contributed by atoms with Gasteiger partial charge in [0.05, 0.1) is 0 Å². The highest BCUT2D eigenvalue weighted by atomic mass is 32.1. The first kappa shape index (κ1) is 25.5. The molecule has 0 aliphatic carbocycles. The van der Waals surface area contributed by atoms with Gasteiger partial charge < -0.3 is 0 Å². The van der Waals surface area contributed by atoms with E-state index in [-0.39, 0.29) is 16.2 Å². The van der Waals surface area contributed by atoms with Crippen LogP contribution < -0.4 is 0 Å². The first-order chi connectivity index (χ1) is 18.2. The first-order valence-electron chi connectivity index (χ1n) is 13.9. The molecule has 0 aliphatic rings. The Morgan fingerprint density at radius 2 is 0.641 bits per heavy atom. The zero-order chi connectivity index (χ0) is 27.6. The van der Waals surface area contributed by atoms with Crippen molar-refractivity contribution in [2.24, 2.45) is 0 Å². The molecular formula is C36H36S3. The summed E-state index contributed by atoms with van der Waals surface area (Å²) in [5.74, 6) is 0. The van der Waals surface area contributed by atoms with Gasteiger partial charge in [0.15, 0.2) is 0 Å². The van der Waals surface area contributed by atoms with E-state index in [4.69, 9.17) is 0 Å². The minimum absolute atomic E-state index is 0.133. The molecule has 0 bridgehead atoms. The van der Waals surface area contributed by atoms with Crippen LogP contribution in [0.3, 0.4) is 0 Å². The summed E-state index contributed by atoms with van der Waals surface area (Å²) in [4.78, 5) is 0. The largest absolute Gasteiger partial charge is 0.134 e. The predicted octanol–water partition coefficient (Wildman–Crippen LogP) is 12.7. The van der Waals surface area contributed by atoms with E-state index in [2.05, 4.69) is 117 Å². The lowest BCUT2D eigenvalue weighted by Gasteiger charge is -2.18. The Labute approximate surface area is 243 Å². The highest BCUT2D eigenvalue weighted by Gasteiger charge is 2.24. The Balaban J connectivity index is 1.71. The highest BCUT2D eigenvalue weighted by molar-refractivity contribution is 7.33. The van der Waals surface area contributed by atoms with Crippen LogP contribution in [0.5, 0.6) is 0 Å². The van der Waals surface area contributed by atoms with E-state index in [1.165, 1.54) is 77.2 Å². The summed E-state index contributed by atoms with van der Waals surface area (Å²) in [6, 6.07) is 21.6. The van der Waals surface area contributed by atoms with Gasteiger partial charge in [0.1, 0.15) is 0 Å². The van der Waals surface area contributed by atoms with Crippen molar-refractivity contribution in [1.82, 2.24) is 0 Å². The van der Waals surface area contributed by atoms with Gasteiger partial charge in [-0.25, -0.2) is 0 Å². The number of fused-ring (bicyclic) bond motifs is 12. The van der Waals surface area contributed by atoms with E-state index in [9.17, 15) is 0 Å². The van der Waals surface area contributed by atoms with Gasteiger partial charge in [0.2, 0.25) is 0 Å². The Morgan fingerprint density at radius 3 is 0.872 bits per heavy atom. The number of rotatable bonds is 0. The SMILES string of the molecule is CC(C)(C)c1ccc2c(c1)sc1c2c2sc3cc(C(C)(C)C)ccc3c2c2sc3cc(C(C)(C)C)ccc3c12. The van der Waals surface area contributed by atoms with Gasteiger partial charge in [-0.2, -0.15) is 0 Å². The van der Waals surface area contributed by atoms with Crippen molar-refractivity contribution >= 4 is 94.5 Å². The fourth-order valence-corrected chi connectivity index (χ4v) is 10.0. The molecular weight excluding hydrogens is 529 g/mol. The second kappa shape index (κ2) is 8.06. The maximum Gasteiger partial charge on any atom is 0.0463 e. The Kier molecular flexibility index (Phi) is 5.27. The van der Waals surface area contributed by atoms with Crippen molar-refractivity contribution in [3.63, 3.8) is 0 Å². The van der Waals surface area contributed by atoms with Gasteiger partial charge in [0, 0.05) is 60.5 Å². The molecule has 0 spiro atoms. The average Bonchev–Trinajstić information content (AvgIpc) is 3.51. The van der Waals surface area contributed by atoms with Crippen LogP contribution >= 0.6 is 34.0 Å². The molecule has 0 atom stereocenters. The third kappa shape index (κ3) is 3.80. The monoisotopic (exact) mass is 564 g/mol. The normalized spacial score (nSPS) is 13.8. The summed E-state index contributed by atoms with van der Waals surface area (Å²) in [7, 11) is 0. The van der Waals surface area contributed by atoms with Gasteiger partial charge in [-0.05, 0) is 51.1 Å². The predicted molar refractivity (Wildman–Crippen MR) is 181 cm³/mol. The fraction of sp³-hybridized carbons (Fsp3) is 0.333. The molecule has 3 heteroatoms. The van der Waals surface area contributed by atoms with E-state index in [1.807, 2.05) is 34.0 Å². The second-order valence-corrected chi connectivity index (χ2v) is 17.5. The molecule has 7 aromatic rings. The molecule has 4 aromatic carbocycles. The van der Waals surface area contributed by atoms with Crippen LogP contribution in [0, 0.1) is 0 Å². The Hall–Kier alpha value is -2.46. The van der Waals surface area contributed by atoms with Gasteiger partial charge >= 0.3 is 0 Å². The first-order valence-corrected chi connectivity index (χ1v) is 16.4. The molecule has 0 saturated carbocycles. The highest BCUT2D eigenvalue weighted by Crippen LogP contribution is 2.53. The van der Waals surface area contributed by atoms with E-state index >= 15 is 0 Å². The van der Waals surface area contributed by atoms with Gasteiger partial charge in [-0.1, -0.05) is 98.7 Å². The van der Waals surface area contributed by atoms with Crippen molar-refractivity contribution in [3.05, 3.63) is 71.3 Å². The van der Waals surface area contributed by atoms with Crippen LogP contribution in [0.15, 0.2) is 54.6 Å². The lowest BCUT2D eigenvalue weighted by Crippen LogP contribution is -2.10. The van der Waals surface area contributed by atoms with Gasteiger partial charge in [-0.15, -0.1) is 34.0 Å². The third-order valence-corrected chi connectivity index (χ3v) is 11.9. The molecule has 0 fully saturated rings. The molecule has 3 aromatic heterocycles. The molecule has 0 radical (unpaired) electrons. The minimum Gasteiger partial charge on any atom is -0.134 e. The maximum absolute atomic E-state index is 2.45. The van der Waals surface area contributed by atoms with Crippen LogP contribution in [-0.4, -0.2) is 0 Å². The van der Waals surface area contributed by atoms with E-state index in [1.54, 1.807) is 0 Å². The summed E-state index contributed by atoms with van der Waals surface area (Å²) in [6.07, 6.45) is 0. The van der Waals surface area contributed by atoms with Crippen molar-refractivity contribution in [2.75, 3.05) is 0 Å². The second-order valence-electron chi connectivity index (χ2n) is 14.3. The summed E-state index contributed by atoms with van der Waals surface area (Å²) in [6.45, 7) is 20.8. The molecule has 3 heterocycles. The molecule has 7 rings (SSSR count). The van der Waals surface area contributed by atoms with E-state index in [0.717, 1.165) is 0 Å². The molecule has 0 N–H and O–H groups in total. The van der Waals surface area contributed by atoms with E-state index < -0.39 is 0 Å². The Morgan fingerprint density at radius 1 is 0.385 bits per heavy atom. The van der Waals surface area contributed by atoms with Crippen LogP contribution in [0.4, 0.5) is 0 Å². The van der Waals surface area contributed by atoms with E-state index in [0.29, 0.717) is 0 Å². The summed E-state index contributed by atoms with van der Waals surface area (Å²) < 4.78 is 8.59. The molecule has 0 saturated heterocycles. The van der Waals surface area contributed by atoms with Crippen molar-refractivity contribution in [2.45, 2.75) is 78.6 Å². The number of hydrogen-bond acceptors (Lipinski definition) is 3. The number of benzene rings is 4. The summed E-state index contributed by atoms with van der Waals surface area (Å²) in [5.41, 5.74) is 4.62. The Bertz CT molecular complexity index is 1830. The van der Waals surface area contributed by atoms with Crippen LogP contribution in [-0.2, 0) is 16.2 Å². The molecule has 0 amide bonds. The van der Waals surface area contributed by atoms with Crippen molar-refractivity contribution in [3.8, 4) is 0 Å². The van der Waals surface area contributed by atoms with Gasteiger partial charge in [0.25, 0.3) is 0 Å². The topological polar surface area (TPSA) is 0 Å². The molecule has 0 unspecified atom stereocenters. The van der Waals surface area contributed by atoms with Crippen LogP contribution in [0.2, 0.25) is 0 Å². The minimum atomic E-state index is 0.133. The summed E-state index contributed by atoms with van der Waals surface area (Å²) >= 11 is 5.99. The zero-order valence-corrected chi connectivity index (χ0v) is 26.9. The molecule has 0 nitrogen and oxygen atoms in total. The standard InChI is InChI=1S/C36H36S3/c1-34(2,3)19-10-13-22-25(16-19)37-31-28(22)32-30(24-15-12-21(36(7,8)9)18-27(24)38-32)33-29(31)23-14-11-20(35(4,5)6)17-26(23)39-33/h10-18H,1-9H3. The maximum atomic E-state index is 2.45. The quantitative estimate of drug-likeness (QED) is 0.172. The van der Waals surface area contributed by atoms with Gasteiger partial charge in [-0.3, -0.25) is 0 Å². The molecule has 198 valence electrons. The average molecular weight is 565 g/mol. The smallest absolute Gasteiger partial charge is 0.0463 e. The zero-order valence-electron chi connectivity index (χ0n) is 24.4. The number of hydrogen-bond donors (Lipinski definition) is 0. The molecule has 0 aliphatic heterocycles. The summed E-state index contributed by atoms with van der Waals surface area (Å²) in [5, 5.41) is 8.58. The van der Waals surface area contributed by atoms with Crippen molar-refractivity contribution < 1.29 is 0 Å².